The minimum atomic E-state index is -1.82. The van der Waals surface area contributed by atoms with E-state index in [2.05, 4.69) is 5.32 Å². The molecule has 1 aromatic rings. The molecule has 0 spiro atoms. The number of carbonyl (C=O) groups excluding carboxylic acids is 2. The van der Waals surface area contributed by atoms with E-state index in [9.17, 15) is 9.59 Å². The van der Waals surface area contributed by atoms with Crippen LogP contribution in [0.3, 0.4) is 0 Å². The lowest BCUT2D eigenvalue weighted by atomic mass is 9.91. The Morgan fingerprint density at radius 1 is 1.00 bits per heavy atom. The SMILES string of the molecule is CC(=O)Oc1ccc(C2CCCNC2)cc1OC(C)=O.O=C(O)C(=O)O. The standard InChI is InChI=1S/C15H19NO4.C2H2O4/c1-10(17)19-14-6-5-12(8-15(14)20-11(2)18)13-4-3-7-16-9-13;3-1(4)2(5)6/h5-6,8,13,16H,3-4,7,9H2,1-2H3;(H,3,4)(H,5,6). The van der Waals surface area contributed by atoms with Crippen molar-refractivity contribution in [2.24, 2.45) is 0 Å². The predicted molar refractivity (Wildman–Crippen MR) is 89.2 cm³/mol. The average molecular weight is 367 g/mol. The van der Waals surface area contributed by atoms with Gasteiger partial charge in [0.15, 0.2) is 11.5 Å². The lowest BCUT2D eigenvalue weighted by Gasteiger charge is -2.23. The summed E-state index contributed by atoms with van der Waals surface area (Å²) in [6.45, 7) is 4.59. The highest BCUT2D eigenvalue weighted by Crippen LogP contribution is 2.33. The molecule has 26 heavy (non-hydrogen) atoms. The van der Waals surface area contributed by atoms with Crippen LogP contribution in [0, 0.1) is 0 Å². The van der Waals surface area contributed by atoms with Crippen LogP contribution < -0.4 is 14.8 Å². The van der Waals surface area contributed by atoms with Crippen molar-refractivity contribution in [3.05, 3.63) is 23.8 Å². The van der Waals surface area contributed by atoms with Gasteiger partial charge < -0.3 is 25.0 Å². The summed E-state index contributed by atoms with van der Waals surface area (Å²) in [7, 11) is 0. The number of rotatable bonds is 3. The first kappa shape index (κ1) is 21.1. The summed E-state index contributed by atoms with van der Waals surface area (Å²) in [4.78, 5) is 40.4. The monoisotopic (exact) mass is 367 g/mol. The van der Waals surface area contributed by atoms with Gasteiger partial charge in [-0.15, -0.1) is 0 Å². The number of carbonyl (C=O) groups is 4. The first-order valence-corrected chi connectivity index (χ1v) is 7.88. The van der Waals surface area contributed by atoms with E-state index in [0.717, 1.165) is 31.5 Å². The number of carboxylic acid groups (broad SMARTS) is 2. The number of aliphatic carboxylic acids is 2. The molecule has 3 N–H and O–H groups in total. The number of ether oxygens (including phenoxy) is 2. The zero-order valence-electron chi connectivity index (χ0n) is 14.5. The first-order chi connectivity index (χ1) is 12.2. The first-order valence-electron chi connectivity index (χ1n) is 7.88. The summed E-state index contributed by atoms with van der Waals surface area (Å²) in [6.07, 6.45) is 2.22. The van der Waals surface area contributed by atoms with Gasteiger partial charge in [0, 0.05) is 20.4 Å². The molecule has 1 aliphatic rings. The summed E-state index contributed by atoms with van der Waals surface area (Å²) in [5, 5.41) is 18.1. The van der Waals surface area contributed by atoms with Gasteiger partial charge in [-0.25, -0.2) is 9.59 Å². The van der Waals surface area contributed by atoms with E-state index in [4.69, 9.17) is 29.3 Å². The van der Waals surface area contributed by atoms with Gasteiger partial charge >= 0.3 is 23.9 Å². The molecule has 0 aliphatic carbocycles. The summed E-state index contributed by atoms with van der Waals surface area (Å²) in [5.74, 6) is -3.55. The molecule has 1 unspecified atom stereocenters. The molecule has 1 atom stereocenters. The summed E-state index contributed by atoms with van der Waals surface area (Å²) < 4.78 is 10.2. The van der Waals surface area contributed by atoms with Gasteiger partial charge in [0.05, 0.1) is 0 Å². The van der Waals surface area contributed by atoms with Gasteiger partial charge in [0.1, 0.15) is 0 Å². The van der Waals surface area contributed by atoms with Crippen molar-refractivity contribution in [2.45, 2.75) is 32.6 Å². The maximum atomic E-state index is 11.2. The second-order valence-corrected chi connectivity index (χ2v) is 5.55. The second-order valence-electron chi connectivity index (χ2n) is 5.55. The molecule has 0 amide bonds. The van der Waals surface area contributed by atoms with Crippen LogP contribution in [0.25, 0.3) is 0 Å². The quantitative estimate of drug-likeness (QED) is 0.408. The number of hydrogen-bond acceptors (Lipinski definition) is 7. The Morgan fingerprint density at radius 2 is 1.58 bits per heavy atom. The Morgan fingerprint density at radius 3 is 2.04 bits per heavy atom. The highest BCUT2D eigenvalue weighted by Gasteiger charge is 2.18. The maximum absolute atomic E-state index is 11.2. The number of carboxylic acids is 2. The van der Waals surface area contributed by atoms with Crippen molar-refractivity contribution in [2.75, 3.05) is 13.1 Å². The molecular formula is C17H21NO8. The van der Waals surface area contributed by atoms with Gasteiger partial charge in [-0.2, -0.15) is 0 Å². The number of benzene rings is 1. The third kappa shape index (κ3) is 7.31. The molecule has 0 aromatic heterocycles. The van der Waals surface area contributed by atoms with Crippen molar-refractivity contribution in [1.29, 1.82) is 0 Å². The van der Waals surface area contributed by atoms with Crippen molar-refractivity contribution >= 4 is 23.9 Å². The van der Waals surface area contributed by atoms with E-state index >= 15 is 0 Å². The zero-order valence-corrected chi connectivity index (χ0v) is 14.5. The Labute approximate surface area is 149 Å². The van der Waals surface area contributed by atoms with E-state index in [1.807, 2.05) is 6.07 Å². The fourth-order valence-corrected chi connectivity index (χ4v) is 2.39. The highest BCUT2D eigenvalue weighted by atomic mass is 16.6. The van der Waals surface area contributed by atoms with Crippen LogP contribution in [-0.4, -0.2) is 47.2 Å². The van der Waals surface area contributed by atoms with E-state index in [1.165, 1.54) is 13.8 Å². The molecule has 9 heteroatoms. The minimum Gasteiger partial charge on any atom is -0.473 e. The highest BCUT2D eigenvalue weighted by molar-refractivity contribution is 6.27. The molecule has 1 saturated heterocycles. The van der Waals surface area contributed by atoms with E-state index in [0.29, 0.717) is 11.7 Å². The van der Waals surface area contributed by atoms with Crippen LogP contribution in [0.5, 0.6) is 11.5 Å². The molecule has 0 radical (unpaired) electrons. The van der Waals surface area contributed by atoms with Crippen molar-refractivity contribution < 1.29 is 38.9 Å². The van der Waals surface area contributed by atoms with Gasteiger partial charge in [0.2, 0.25) is 0 Å². The third-order valence-corrected chi connectivity index (χ3v) is 3.43. The molecule has 9 nitrogen and oxygen atoms in total. The molecule has 2 rings (SSSR count). The summed E-state index contributed by atoms with van der Waals surface area (Å²) in [5.41, 5.74) is 1.09. The van der Waals surface area contributed by atoms with Gasteiger partial charge in [-0.1, -0.05) is 6.07 Å². The number of nitrogens with one attached hydrogen (secondary N) is 1. The second kappa shape index (κ2) is 10.1. The molecular weight excluding hydrogens is 346 g/mol. The normalized spacial score (nSPS) is 15.8. The Balaban J connectivity index is 0.000000487. The smallest absolute Gasteiger partial charge is 0.414 e. The molecule has 0 saturated carbocycles. The van der Waals surface area contributed by atoms with E-state index in [-0.39, 0.29) is 5.75 Å². The van der Waals surface area contributed by atoms with Gasteiger partial charge in [-0.05, 0) is 43.0 Å². The third-order valence-electron chi connectivity index (χ3n) is 3.43. The van der Waals surface area contributed by atoms with Crippen LogP contribution in [0.1, 0.15) is 38.2 Å². The molecule has 0 bridgehead atoms. The number of hydrogen-bond donors (Lipinski definition) is 3. The fraction of sp³-hybridized carbons (Fsp3) is 0.412. The largest absolute Gasteiger partial charge is 0.473 e. The number of piperidine rings is 1. The fourth-order valence-electron chi connectivity index (χ4n) is 2.39. The molecule has 1 fully saturated rings. The van der Waals surface area contributed by atoms with E-state index < -0.39 is 23.9 Å². The van der Waals surface area contributed by atoms with Crippen LogP contribution in [0.2, 0.25) is 0 Å². The van der Waals surface area contributed by atoms with Crippen molar-refractivity contribution in [3.8, 4) is 11.5 Å². The summed E-state index contributed by atoms with van der Waals surface area (Å²) in [6, 6.07) is 5.39. The topological polar surface area (TPSA) is 139 Å². The molecule has 1 heterocycles. The van der Waals surface area contributed by atoms with Gasteiger partial charge in [0.25, 0.3) is 0 Å². The van der Waals surface area contributed by atoms with Gasteiger partial charge in [-0.3, -0.25) is 9.59 Å². The molecule has 1 aromatic carbocycles. The van der Waals surface area contributed by atoms with E-state index in [1.54, 1.807) is 12.1 Å². The van der Waals surface area contributed by atoms with Crippen LogP contribution >= 0.6 is 0 Å². The Hall–Kier alpha value is -2.94. The Bertz CT molecular complexity index is 667. The van der Waals surface area contributed by atoms with Crippen LogP contribution in [-0.2, 0) is 19.2 Å². The Kier molecular flexibility index (Phi) is 8.23. The zero-order chi connectivity index (χ0) is 19.7. The number of esters is 2. The summed E-state index contributed by atoms with van der Waals surface area (Å²) >= 11 is 0. The van der Waals surface area contributed by atoms with Crippen LogP contribution in [0.4, 0.5) is 0 Å². The molecule has 1 aliphatic heterocycles. The lowest BCUT2D eigenvalue weighted by molar-refractivity contribution is -0.159. The van der Waals surface area contributed by atoms with Crippen molar-refractivity contribution in [3.63, 3.8) is 0 Å². The molecule has 142 valence electrons. The van der Waals surface area contributed by atoms with Crippen molar-refractivity contribution in [1.82, 2.24) is 5.32 Å². The van der Waals surface area contributed by atoms with Crippen LogP contribution in [0.15, 0.2) is 18.2 Å². The maximum Gasteiger partial charge on any atom is 0.414 e. The minimum absolute atomic E-state index is 0.278. The average Bonchev–Trinajstić information content (AvgIpc) is 2.57. The lowest BCUT2D eigenvalue weighted by Crippen LogP contribution is -2.28. The predicted octanol–water partition coefficient (Wildman–Crippen LogP) is 1.16.